The Kier molecular flexibility index (Phi) is 4.56. The minimum atomic E-state index is -4.59. The van der Waals surface area contributed by atoms with Crippen LogP contribution >= 0.6 is 0 Å². The summed E-state index contributed by atoms with van der Waals surface area (Å²) in [7, 11) is 0. The number of ether oxygens (including phenoxy) is 2. The highest BCUT2D eigenvalue weighted by atomic mass is 19.4. The Balaban J connectivity index is 2.20. The van der Waals surface area contributed by atoms with Gasteiger partial charge in [-0.1, -0.05) is 6.58 Å². The van der Waals surface area contributed by atoms with Gasteiger partial charge in [-0.2, -0.15) is 0 Å². The summed E-state index contributed by atoms with van der Waals surface area (Å²) in [5.74, 6) is -0.702. The van der Waals surface area contributed by atoms with Gasteiger partial charge in [0.2, 0.25) is 0 Å². The molecule has 0 aliphatic heterocycles. The molecule has 2 unspecified atom stereocenters. The smallest absolute Gasteiger partial charge is 0.462 e. The van der Waals surface area contributed by atoms with Crippen LogP contribution in [-0.2, 0) is 14.3 Å². The van der Waals surface area contributed by atoms with E-state index in [1.807, 2.05) is 0 Å². The Morgan fingerprint density at radius 1 is 1.41 bits per heavy atom. The van der Waals surface area contributed by atoms with Crippen LogP contribution in [0.15, 0.2) is 12.2 Å². The van der Waals surface area contributed by atoms with Crippen LogP contribution in [0, 0.1) is 5.92 Å². The topological polar surface area (TPSA) is 35.5 Å². The first kappa shape index (κ1) is 14.0. The van der Waals surface area contributed by atoms with Gasteiger partial charge in [0.25, 0.3) is 0 Å². The van der Waals surface area contributed by atoms with Gasteiger partial charge < -0.3 is 4.74 Å². The third-order valence-corrected chi connectivity index (χ3v) is 2.70. The second-order valence-corrected chi connectivity index (χ2v) is 4.14. The molecule has 0 aromatic rings. The maximum Gasteiger partial charge on any atom is 0.522 e. The Labute approximate surface area is 97.6 Å². The number of carbonyl (C=O) groups excluding carboxylic acids is 1. The molecule has 98 valence electrons. The zero-order chi connectivity index (χ0) is 13.1. The fraction of sp³-hybridized carbons (Fsp3) is 0.727. The third kappa shape index (κ3) is 4.77. The minimum Gasteiger partial charge on any atom is -0.462 e. The highest BCUT2D eigenvalue weighted by Crippen LogP contribution is 2.37. The number of halogens is 3. The number of esters is 1. The van der Waals surface area contributed by atoms with Gasteiger partial charge in [-0.3, -0.25) is 4.74 Å². The fourth-order valence-corrected chi connectivity index (χ4v) is 1.62. The molecule has 3 nitrogen and oxygen atoms in total. The summed E-state index contributed by atoms with van der Waals surface area (Å²) in [5.41, 5.74) is 0.279. The molecular weight excluding hydrogens is 237 g/mol. The van der Waals surface area contributed by atoms with E-state index in [2.05, 4.69) is 11.3 Å². The molecule has 6 heteroatoms. The van der Waals surface area contributed by atoms with E-state index < -0.39 is 18.4 Å². The molecular formula is C11H15F3O3. The Bertz CT molecular complexity index is 299. The molecule has 0 amide bonds. The summed E-state index contributed by atoms with van der Waals surface area (Å²) >= 11 is 0. The van der Waals surface area contributed by atoms with Gasteiger partial charge in [0, 0.05) is 5.57 Å². The number of hydrogen-bond donors (Lipinski definition) is 0. The van der Waals surface area contributed by atoms with Crippen LogP contribution in [0.5, 0.6) is 0 Å². The van der Waals surface area contributed by atoms with Gasteiger partial charge in [0.15, 0.2) is 0 Å². The van der Waals surface area contributed by atoms with Crippen molar-refractivity contribution in [3.63, 3.8) is 0 Å². The van der Waals surface area contributed by atoms with Crippen molar-refractivity contribution in [2.45, 2.75) is 38.7 Å². The monoisotopic (exact) mass is 252 g/mol. The zero-order valence-electron chi connectivity index (χ0n) is 9.55. The number of carbonyl (C=O) groups is 1. The molecule has 0 N–H and O–H groups in total. The summed E-state index contributed by atoms with van der Waals surface area (Å²) in [6, 6.07) is 0. The fourth-order valence-electron chi connectivity index (χ4n) is 1.62. The van der Waals surface area contributed by atoms with E-state index in [0.29, 0.717) is 19.3 Å². The largest absolute Gasteiger partial charge is 0.522 e. The van der Waals surface area contributed by atoms with Crippen LogP contribution in [0.25, 0.3) is 0 Å². The molecule has 1 aliphatic carbocycles. The van der Waals surface area contributed by atoms with Gasteiger partial charge in [0.1, 0.15) is 0 Å². The first-order chi connectivity index (χ1) is 7.79. The van der Waals surface area contributed by atoms with Crippen LogP contribution in [0.3, 0.4) is 0 Å². The molecule has 0 radical (unpaired) electrons. The number of alkyl halides is 3. The summed E-state index contributed by atoms with van der Waals surface area (Å²) < 4.78 is 44.6. The summed E-state index contributed by atoms with van der Waals surface area (Å²) in [6.45, 7) is 5.02. The van der Waals surface area contributed by atoms with Crippen LogP contribution in [0.1, 0.15) is 26.2 Å². The van der Waals surface area contributed by atoms with E-state index in [9.17, 15) is 18.0 Å². The lowest BCUT2D eigenvalue weighted by atomic mass is 9.80. The SMILES string of the molecule is C=C(C)C(=O)OCCC1CCC1OC(F)(F)F. The van der Waals surface area contributed by atoms with E-state index in [1.54, 1.807) is 0 Å². The molecule has 0 aromatic heterocycles. The average Bonchev–Trinajstić information content (AvgIpc) is 2.17. The molecule has 17 heavy (non-hydrogen) atoms. The number of rotatable bonds is 5. The van der Waals surface area contributed by atoms with Crippen LogP contribution in [0.4, 0.5) is 13.2 Å². The van der Waals surface area contributed by atoms with Crippen LogP contribution in [0.2, 0.25) is 0 Å². The molecule has 0 spiro atoms. The van der Waals surface area contributed by atoms with Crippen molar-refractivity contribution in [3.8, 4) is 0 Å². The normalized spacial score (nSPS) is 24.0. The first-order valence-electron chi connectivity index (χ1n) is 5.37. The van der Waals surface area contributed by atoms with E-state index in [4.69, 9.17) is 4.74 Å². The summed E-state index contributed by atoms with van der Waals surface area (Å²) in [6.07, 6.45) is -3.92. The van der Waals surface area contributed by atoms with Crippen LogP contribution < -0.4 is 0 Å². The van der Waals surface area contributed by atoms with Gasteiger partial charge in [-0.05, 0) is 32.1 Å². The van der Waals surface area contributed by atoms with E-state index in [0.717, 1.165) is 0 Å². The molecule has 1 saturated carbocycles. The molecule has 0 saturated heterocycles. The van der Waals surface area contributed by atoms with Crippen molar-refractivity contribution in [2.75, 3.05) is 6.61 Å². The maximum atomic E-state index is 11.9. The predicted octanol–water partition coefficient (Wildman–Crippen LogP) is 2.81. The standard InChI is InChI=1S/C11H15F3O3/c1-7(2)10(15)16-6-5-8-3-4-9(8)17-11(12,13)14/h8-9H,1,3-6H2,2H3. The Morgan fingerprint density at radius 2 is 2.06 bits per heavy atom. The maximum absolute atomic E-state index is 11.9. The van der Waals surface area contributed by atoms with Crippen LogP contribution in [-0.4, -0.2) is 25.0 Å². The van der Waals surface area contributed by atoms with Crippen molar-refractivity contribution < 1.29 is 27.4 Å². The van der Waals surface area contributed by atoms with Crippen molar-refractivity contribution >= 4 is 5.97 Å². The molecule has 1 aliphatic rings. The summed E-state index contributed by atoms with van der Waals surface area (Å²) in [5, 5.41) is 0. The van der Waals surface area contributed by atoms with Gasteiger partial charge in [0.05, 0.1) is 12.7 Å². The van der Waals surface area contributed by atoms with Crippen molar-refractivity contribution in [3.05, 3.63) is 12.2 Å². The molecule has 0 bridgehead atoms. The molecule has 1 fully saturated rings. The Hall–Kier alpha value is -1.04. The zero-order valence-corrected chi connectivity index (χ0v) is 9.55. The summed E-state index contributed by atoms with van der Waals surface area (Å²) in [4.78, 5) is 11.0. The van der Waals surface area contributed by atoms with E-state index >= 15 is 0 Å². The second kappa shape index (κ2) is 5.53. The van der Waals surface area contributed by atoms with Gasteiger partial charge >= 0.3 is 12.3 Å². The van der Waals surface area contributed by atoms with Crippen molar-refractivity contribution in [2.24, 2.45) is 5.92 Å². The van der Waals surface area contributed by atoms with Gasteiger partial charge in [-0.25, -0.2) is 4.79 Å². The second-order valence-electron chi connectivity index (χ2n) is 4.14. The highest BCUT2D eigenvalue weighted by molar-refractivity contribution is 5.86. The molecule has 2 atom stereocenters. The quantitative estimate of drug-likeness (QED) is 0.557. The Morgan fingerprint density at radius 3 is 2.47 bits per heavy atom. The van der Waals surface area contributed by atoms with Crippen molar-refractivity contribution in [1.29, 1.82) is 0 Å². The third-order valence-electron chi connectivity index (χ3n) is 2.70. The van der Waals surface area contributed by atoms with Gasteiger partial charge in [-0.15, -0.1) is 13.2 Å². The van der Waals surface area contributed by atoms with E-state index in [1.165, 1.54) is 6.92 Å². The molecule has 0 heterocycles. The van der Waals surface area contributed by atoms with E-state index in [-0.39, 0.29) is 18.1 Å². The first-order valence-corrected chi connectivity index (χ1v) is 5.37. The molecule has 0 aromatic carbocycles. The minimum absolute atomic E-state index is 0.105. The highest BCUT2D eigenvalue weighted by Gasteiger charge is 2.41. The van der Waals surface area contributed by atoms with Crippen molar-refractivity contribution in [1.82, 2.24) is 0 Å². The molecule has 1 rings (SSSR count). The average molecular weight is 252 g/mol. The lowest BCUT2D eigenvalue weighted by Crippen LogP contribution is -2.39. The number of hydrogen-bond acceptors (Lipinski definition) is 3. The lowest BCUT2D eigenvalue weighted by molar-refractivity contribution is -0.358. The predicted molar refractivity (Wildman–Crippen MR) is 54.0 cm³/mol. The lowest BCUT2D eigenvalue weighted by Gasteiger charge is -2.36.